The Kier molecular flexibility index (Phi) is 9.43. The third kappa shape index (κ3) is 7.35. The number of rotatable bonds is 9. The lowest BCUT2D eigenvalue weighted by atomic mass is 10.2. The maximum atomic E-state index is 12.5. The zero-order chi connectivity index (χ0) is 24.4. The van der Waals surface area contributed by atoms with E-state index < -0.39 is 11.5 Å². The fourth-order valence-corrected chi connectivity index (χ4v) is 3.88. The molecule has 1 aromatic carbocycles. The summed E-state index contributed by atoms with van der Waals surface area (Å²) < 4.78 is 1.79. The van der Waals surface area contributed by atoms with Crippen molar-refractivity contribution in [3.63, 3.8) is 0 Å². The molecule has 0 unspecified atom stereocenters. The highest BCUT2D eigenvalue weighted by Gasteiger charge is 2.07. The number of carbonyl (C=O) groups is 2. The van der Waals surface area contributed by atoms with Gasteiger partial charge in [0.1, 0.15) is 15.3 Å². The van der Waals surface area contributed by atoms with Crippen LogP contribution in [0, 0.1) is 11.3 Å². The molecule has 0 spiro atoms. The summed E-state index contributed by atoms with van der Waals surface area (Å²) in [5, 5.41) is 23.8. The predicted molar refractivity (Wildman–Crippen MR) is 128 cm³/mol. The Morgan fingerprint density at radius 1 is 1.30 bits per heavy atom. The molecule has 0 aliphatic heterocycles. The summed E-state index contributed by atoms with van der Waals surface area (Å²) in [6, 6.07) is 8.66. The third-order valence-corrected chi connectivity index (χ3v) is 5.38. The SMILES string of the molecule is CCCN(C)CC(=O)Nc1cccc(NC=C=c2sc(=C=C(C#N)C(=O)O)n(CC)c2=O)c1. The van der Waals surface area contributed by atoms with Crippen LogP contribution in [0.15, 0.2) is 40.8 Å². The second-order valence-electron chi connectivity index (χ2n) is 7.00. The first kappa shape index (κ1) is 25.4. The molecule has 0 aliphatic carbocycles. The van der Waals surface area contributed by atoms with E-state index in [2.05, 4.69) is 29.0 Å². The smallest absolute Gasteiger partial charge is 0.354 e. The minimum Gasteiger partial charge on any atom is -0.477 e. The van der Waals surface area contributed by atoms with Gasteiger partial charge in [-0.3, -0.25) is 19.1 Å². The first-order valence-corrected chi connectivity index (χ1v) is 11.0. The number of likely N-dealkylation sites (N-methyl/N-ethyl adjacent to an activating group) is 1. The second-order valence-corrected chi connectivity index (χ2v) is 8.00. The van der Waals surface area contributed by atoms with Crippen LogP contribution < -0.4 is 25.4 Å². The number of nitriles is 1. The van der Waals surface area contributed by atoms with Crippen LogP contribution in [0.3, 0.4) is 0 Å². The van der Waals surface area contributed by atoms with E-state index in [1.165, 1.54) is 10.8 Å². The molecule has 10 heteroatoms. The molecule has 3 N–H and O–H groups in total. The Hall–Kier alpha value is -3.86. The van der Waals surface area contributed by atoms with Gasteiger partial charge in [-0.05, 0) is 45.1 Å². The van der Waals surface area contributed by atoms with Crippen molar-refractivity contribution in [1.29, 1.82) is 5.26 Å². The molecule has 0 bridgehead atoms. The Balaban J connectivity index is 2.29. The molecular weight excluding hydrogens is 442 g/mol. The van der Waals surface area contributed by atoms with Gasteiger partial charge in [-0.2, -0.15) is 5.26 Å². The zero-order valence-electron chi connectivity index (χ0n) is 18.6. The molecule has 0 aliphatic rings. The van der Waals surface area contributed by atoms with Crippen LogP contribution in [0.5, 0.6) is 0 Å². The number of aromatic nitrogens is 1. The molecule has 0 atom stereocenters. The highest BCUT2D eigenvalue weighted by Crippen LogP contribution is 2.15. The average Bonchev–Trinajstić information content (AvgIpc) is 3.06. The van der Waals surface area contributed by atoms with Crippen molar-refractivity contribution in [3.05, 3.63) is 55.6 Å². The van der Waals surface area contributed by atoms with Crippen molar-refractivity contribution < 1.29 is 14.7 Å². The van der Waals surface area contributed by atoms with E-state index in [0.29, 0.717) is 24.5 Å². The molecule has 0 fully saturated rings. The van der Waals surface area contributed by atoms with Crippen molar-refractivity contribution in [2.24, 2.45) is 0 Å². The minimum absolute atomic E-state index is 0.112. The van der Waals surface area contributed by atoms with E-state index in [1.807, 2.05) is 11.9 Å². The van der Waals surface area contributed by atoms with Crippen LogP contribution in [0.4, 0.5) is 11.4 Å². The molecule has 2 rings (SSSR count). The summed E-state index contributed by atoms with van der Waals surface area (Å²) in [5.74, 6) is -1.52. The first-order chi connectivity index (χ1) is 15.8. The topological polar surface area (TPSA) is 127 Å². The number of carbonyl (C=O) groups excluding carboxylic acids is 1. The highest BCUT2D eigenvalue weighted by atomic mass is 32.1. The number of anilines is 2. The molecule has 2 aromatic rings. The number of nitrogens with one attached hydrogen (secondary N) is 2. The van der Waals surface area contributed by atoms with Gasteiger partial charge in [-0.25, -0.2) is 4.79 Å². The number of amides is 1. The molecule has 9 nitrogen and oxygen atoms in total. The van der Waals surface area contributed by atoms with Crippen LogP contribution in [0.25, 0.3) is 11.5 Å². The van der Waals surface area contributed by atoms with Crippen molar-refractivity contribution in [3.8, 4) is 6.07 Å². The van der Waals surface area contributed by atoms with E-state index in [1.54, 1.807) is 37.3 Å². The standard InChI is InChI=1S/C23H25N5O4S/c1-4-11-27(3)15-20(29)26-18-8-6-7-17(13-18)25-10-9-19-22(30)28(5-2)21(33-19)12-16(14-24)23(31)32/h6-8,10,13,25H,4-5,11,15H2,1-3H3,(H,26,29)(H,31,32). The van der Waals surface area contributed by atoms with Gasteiger partial charge in [-0.1, -0.05) is 35.8 Å². The first-order valence-electron chi connectivity index (χ1n) is 10.2. The zero-order valence-corrected chi connectivity index (χ0v) is 19.5. The Labute approximate surface area is 194 Å². The van der Waals surface area contributed by atoms with Gasteiger partial charge in [0, 0.05) is 24.1 Å². The van der Waals surface area contributed by atoms with E-state index in [0.717, 1.165) is 24.3 Å². The third-order valence-electron chi connectivity index (χ3n) is 4.36. The predicted octanol–water partition coefficient (Wildman–Crippen LogP) is 1.13. The lowest BCUT2D eigenvalue weighted by molar-refractivity contribution is -0.132. The Morgan fingerprint density at radius 2 is 2.03 bits per heavy atom. The molecule has 0 saturated heterocycles. The molecule has 0 radical (unpaired) electrons. The summed E-state index contributed by atoms with van der Waals surface area (Å²) in [4.78, 5) is 37.7. The lowest BCUT2D eigenvalue weighted by Crippen LogP contribution is -2.30. The number of benzene rings is 1. The maximum absolute atomic E-state index is 12.5. The molecule has 1 heterocycles. The number of carboxylic acid groups (broad SMARTS) is 1. The van der Waals surface area contributed by atoms with Crippen LogP contribution >= 0.6 is 11.3 Å². The fourth-order valence-electron chi connectivity index (χ4n) is 2.90. The quantitative estimate of drug-likeness (QED) is 0.373. The van der Waals surface area contributed by atoms with Crippen molar-refractivity contribution in [2.75, 3.05) is 30.8 Å². The van der Waals surface area contributed by atoms with Gasteiger partial charge in [0.15, 0.2) is 5.57 Å². The fraction of sp³-hybridized carbons (Fsp3) is 0.304. The maximum Gasteiger partial charge on any atom is 0.354 e. The normalized spacial score (nSPS) is 10.0. The molecular formula is C23H25N5O4S. The van der Waals surface area contributed by atoms with Crippen molar-refractivity contribution >= 4 is 46.1 Å². The summed E-state index contributed by atoms with van der Waals surface area (Å²) in [6.07, 6.45) is 2.42. The summed E-state index contributed by atoms with van der Waals surface area (Å²) >= 11 is 0.988. The molecule has 1 aromatic heterocycles. The number of aliphatic carboxylic acids is 1. The number of carboxylic acids is 1. The lowest BCUT2D eigenvalue weighted by Gasteiger charge is -2.15. The van der Waals surface area contributed by atoms with E-state index in [-0.39, 0.29) is 20.7 Å². The van der Waals surface area contributed by atoms with Gasteiger partial charge < -0.3 is 15.7 Å². The van der Waals surface area contributed by atoms with Crippen LogP contribution in [-0.2, 0) is 16.1 Å². The van der Waals surface area contributed by atoms with E-state index >= 15 is 0 Å². The number of thiazole rings is 1. The van der Waals surface area contributed by atoms with Gasteiger partial charge in [0.05, 0.1) is 6.54 Å². The molecule has 172 valence electrons. The summed E-state index contributed by atoms with van der Waals surface area (Å²) in [6.45, 7) is 5.21. The second kappa shape index (κ2) is 12.2. The van der Waals surface area contributed by atoms with Crippen molar-refractivity contribution in [2.45, 2.75) is 26.8 Å². The van der Waals surface area contributed by atoms with Gasteiger partial charge in [-0.15, -0.1) is 0 Å². The van der Waals surface area contributed by atoms with Gasteiger partial charge in [0.2, 0.25) is 5.91 Å². The van der Waals surface area contributed by atoms with Crippen LogP contribution in [0.2, 0.25) is 0 Å². The number of hydrogen-bond acceptors (Lipinski definition) is 7. The Morgan fingerprint density at radius 3 is 2.67 bits per heavy atom. The van der Waals surface area contributed by atoms with E-state index in [9.17, 15) is 14.4 Å². The summed E-state index contributed by atoms with van der Waals surface area (Å²) in [5.41, 5.74) is 5.71. The van der Waals surface area contributed by atoms with Gasteiger partial charge >= 0.3 is 5.97 Å². The van der Waals surface area contributed by atoms with Crippen LogP contribution in [-0.4, -0.2) is 46.6 Å². The monoisotopic (exact) mass is 467 g/mol. The molecule has 1 amide bonds. The average molecular weight is 468 g/mol. The van der Waals surface area contributed by atoms with Gasteiger partial charge in [0.25, 0.3) is 5.56 Å². The number of hydrogen-bond donors (Lipinski definition) is 3. The number of nitrogens with zero attached hydrogens (tertiary/aromatic N) is 3. The van der Waals surface area contributed by atoms with E-state index in [4.69, 9.17) is 10.4 Å². The largest absolute Gasteiger partial charge is 0.477 e. The highest BCUT2D eigenvalue weighted by molar-refractivity contribution is 7.07. The summed E-state index contributed by atoms with van der Waals surface area (Å²) in [7, 11) is 1.89. The molecule has 0 saturated carbocycles. The minimum atomic E-state index is -1.41. The Bertz CT molecular complexity index is 1320. The van der Waals surface area contributed by atoms with Crippen molar-refractivity contribution in [1.82, 2.24) is 9.47 Å². The molecule has 33 heavy (non-hydrogen) atoms. The van der Waals surface area contributed by atoms with Crippen LogP contribution in [0.1, 0.15) is 20.3 Å².